The zero-order valence-electron chi connectivity index (χ0n) is 7.89. The van der Waals surface area contributed by atoms with E-state index in [9.17, 15) is 19.5 Å². The first-order valence-corrected chi connectivity index (χ1v) is 3.15. The average Bonchev–Trinajstić information content (AvgIpc) is 1.82. The van der Waals surface area contributed by atoms with Gasteiger partial charge in [-0.25, -0.2) is 0 Å². The molecule has 0 aromatic heterocycles. The van der Waals surface area contributed by atoms with Gasteiger partial charge in [-0.15, -0.1) is 0 Å². The Balaban J connectivity index is -0.000000720. The van der Waals surface area contributed by atoms with Crippen LogP contribution in [-0.2, 0) is 14.4 Å². The Bertz CT molecular complexity index is 234. The standard InChI is InChI=1S/C6H8O7.Li.H2O/c7-3(8)1-6(13,5(11)12)2-4(9)10;;/h13H,1-2H2,(H,7,8)(H,9,10)(H,11,12);;1H2/q;+1;/p-1. The Labute approximate surface area is 96.0 Å². The van der Waals surface area contributed by atoms with Gasteiger partial charge in [0.05, 0.1) is 18.8 Å². The van der Waals surface area contributed by atoms with Gasteiger partial charge >= 0.3 is 30.8 Å². The van der Waals surface area contributed by atoms with Gasteiger partial charge in [0.15, 0.2) is 0 Å². The van der Waals surface area contributed by atoms with Crippen LogP contribution in [0.2, 0.25) is 0 Å². The fourth-order valence-corrected chi connectivity index (χ4v) is 0.707. The molecular formula is C6H9LiO8. The van der Waals surface area contributed by atoms with Crippen LogP contribution in [0.25, 0.3) is 0 Å². The van der Waals surface area contributed by atoms with Crippen LogP contribution in [0.15, 0.2) is 0 Å². The van der Waals surface area contributed by atoms with Crippen molar-refractivity contribution in [2.75, 3.05) is 0 Å². The Morgan fingerprint density at radius 2 is 1.33 bits per heavy atom. The zero-order valence-corrected chi connectivity index (χ0v) is 7.89. The fraction of sp³-hybridized carbons (Fsp3) is 0.500. The third-order valence-corrected chi connectivity index (χ3v) is 1.27. The van der Waals surface area contributed by atoms with Gasteiger partial charge in [0.25, 0.3) is 0 Å². The fourth-order valence-electron chi connectivity index (χ4n) is 0.707. The molecule has 0 rings (SSSR count). The number of carboxylic acid groups (broad SMARTS) is 3. The molecule has 0 fully saturated rings. The second-order valence-electron chi connectivity index (χ2n) is 2.46. The van der Waals surface area contributed by atoms with Crippen molar-refractivity contribution in [1.82, 2.24) is 0 Å². The largest absolute Gasteiger partial charge is 1.00 e. The van der Waals surface area contributed by atoms with Gasteiger partial charge in [-0.1, -0.05) is 0 Å². The van der Waals surface area contributed by atoms with E-state index in [2.05, 4.69) is 0 Å². The van der Waals surface area contributed by atoms with E-state index < -0.39 is 36.4 Å². The first-order chi connectivity index (χ1) is 5.78. The molecule has 5 N–H and O–H groups in total. The van der Waals surface area contributed by atoms with E-state index in [1.807, 2.05) is 0 Å². The van der Waals surface area contributed by atoms with Crippen LogP contribution >= 0.6 is 0 Å². The van der Waals surface area contributed by atoms with Crippen LogP contribution in [0.4, 0.5) is 0 Å². The molecule has 15 heavy (non-hydrogen) atoms. The molecule has 0 heterocycles. The van der Waals surface area contributed by atoms with Gasteiger partial charge in [-0.3, -0.25) is 9.59 Å². The minimum Gasteiger partial charge on any atom is -0.547 e. The molecule has 0 aromatic rings. The molecule has 0 saturated carbocycles. The van der Waals surface area contributed by atoms with E-state index in [-0.39, 0.29) is 24.3 Å². The molecule has 0 amide bonds. The van der Waals surface area contributed by atoms with Crippen LogP contribution in [0.1, 0.15) is 12.8 Å². The van der Waals surface area contributed by atoms with Crippen molar-refractivity contribution in [2.45, 2.75) is 18.4 Å². The summed E-state index contributed by atoms with van der Waals surface area (Å²) in [5, 5.41) is 35.5. The molecule has 0 bridgehead atoms. The summed E-state index contributed by atoms with van der Waals surface area (Å²) in [6.45, 7) is 0. The van der Waals surface area contributed by atoms with Crippen molar-refractivity contribution in [3.63, 3.8) is 0 Å². The van der Waals surface area contributed by atoms with Crippen LogP contribution < -0.4 is 24.0 Å². The topological polar surface area (TPSA) is 166 Å². The summed E-state index contributed by atoms with van der Waals surface area (Å²) in [5.74, 6) is -5.35. The minimum atomic E-state index is -2.85. The van der Waals surface area contributed by atoms with Crippen LogP contribution in [0, 0.1) is 0 Å². The van der Waals surface area contributed by atoms with Gasteiger partial charge in [-0.05, 0) is 0 Å². The SMILES string of the molecule is O.O=C(O)CC(O)(CC(=O)O)C(=O)[O-].[Li+]. The molecule has 0 unspecified atom stereocenters. The Morgan fingerprint density at radius 1 is 1.07 bits per heavy atom. The molecule has 0 aromatic carbocycles. The third kappa shape index (κ3) is 6.93. The Hall–Kier alpha value is -1.07. The predicted molar refractivity (Wildman–Crippen MR) is 38.1 cm³/mol. The summed E-state index contributed by atoms with van der Waals surface area (Å²) < 4.78 is 0. The van der Waals surface area contributed by atoms with E-state index in [1.54, 1.807) is 0 Å². The van der Waals surface area contributed by atoms with Gasteiger partial charge in [0.1, 0.15) is 5.60 Å². The van der Waals surface area contributed by atoms with E-state index in [4.69, 9.17) is 15.3 Å². The molecule has 0 aliphatic carbocycles. The van der Waals surface area contributed by atoms with E-state index in [0.717, 1.165) is 0 Å². The van der Waals surface area contributed by atoms with Crippen molar-refractivity contribution in [3.8, 4) is 0 Å². The summed E-state index contributed by atoms with van der Waals surface area (Å²) in [6.07, 6.45) is -2.41. The summed E-state index contributed by atoms with van der Waals surface area (Å²) in [6, 6.07) is 0. The maximum Gasteiger partial charge on any atom is 1.00 e. The molecule has 0 saturated heterocycles. The maximum absolute atomic E-state index is 10.2. The number of carbonyl (C=O) groups excluding carboxylic acids is 1. The molecule has 9 heteroatoms. The minimum absolute atomic E-state index is 0. The van der Waals surface area contributed by atoms with Crippen molar-refractivity contribution in [3.05, 3.63) is 0 Å². The molecule has 0 radical (unpaired) electrons. The van der Waals surface area contributed by atoms with Crippen LogP contribution in [-0.4, -0.2) is 44.3 Å². The smallest absolute Gasteiger partial charge is 0.547 e. The molecule has 82 valence electrons. The molecular weight excluding hydrogens is 207 g/mol. The number of aliphatic carboxylic acids is 3. The first-order valence-electron chi connectivity index (χ1n) is 3.15. The van der Waals surface area contributed by atoms with Gasteiger partial charge in [-0.2, -0.15) is 0 Å². The first kappa shape index (κ1) is 19.5. The number of carbonyl (C=O) groups is 3. The van der Waals surface area contributed by atoms with E-state index >= 15 is 0 Å². The van der Waals surface area contributed by atoms with Crippen molar-refractivity contribution in [1.29, 1.82) is 0 Å². The second-order valence-corrected chi connectivity index (χ2v) is 2.46. The van der Waals surface area contributed by atoms with Crippen molar-refractivity contribution >= 4 is 17.9 Å². The number of hydrogen-bond acceptors (Lipinski definition) is 5. The van der Waals surface area contributed by atoms with Gasteiger partial charge in [0, 0.05) is 0 Å². The predicted octanol–water partition coefficient (Wildman–Crippen LogP) is -6.40. The number of rotatable bonds is 5. The molecule has 0 spiro atoms. The monoisotopic (exact) mass is 216 g/mol. The maximum atomic E-state index is 10.2. The van der Waals surface area contributed by atoms with Gasteiger partial charge in [0.2, 0.25) is 0 Å². The second kappa shape index (κ2) is 7.25. The summed E-state index contributed by atoms with van der Waals surface area (Å²) in [4.78, 5) is 30.3. The van der Waals surface area contributed by atoms with E-state index in [0.29, 0.717) is 0 Å². The third-order valence-electron chi connectivity index (χ3n) is 1.27. The Morgan fingerprint density at radius 3 is 1.47 bits per heavy atom. The zero-order chi connectivity index (χ0) is 10.6. The molecule has 0 aliphatic heterocycles. The molecule has 8 nitrogen and oxygen atoms in total. The van der Waals surface area contributed by atoms with Crippen molar-refractivity contribution < 1.29 is 59.1 Å². The number of carboxylic acids is 3. The van der Waals surface area contributed by atoms with Crippen molar-refractivity contribution in [2.24, 2.45) is 0 Å². The Kier molecular flexibility index (Phi) is 9.42. The van der Waals surface area contributed by atoms with Crippen LogP contribution in [0.3, 0.4) is 0 Å². The number of aliphatic hydroxyl groups is 1. The average molecular weight is 216 g/mol. The van der Waals surface area contributed by atoms with Gasteiger partial charge < -0.3 is 30.7 Å². The molecule has 0 atom stereocenters. The normalized spacial score (nSPS) is 9.40. The summed E-state index contributed by atoms with van der Waals surface area (Å²) >= 11 is 0. The van der Waals surface area contributed by atoms with E-state index in [1.165, 1.54) is 0 Å². The quantitative estimate of drug-likeness (QED) is 0.384. The summed E-state index contributed by atoms with van der Waals surface area (Å²) in [7, 11) is 0. The van der Waals surface area contributed by atoms with Crippen LogP contribution in [0.5, 0.6) is 0 Å². The molecule has 0 aliphatic rings. The summed E-state index contributed by atoms with van der Waals surface area (Å²) in [5.41, 5.74) is -2.85. The number of hydrogen-bond donors (Lipinski definition) is 3.